The highest BCUT2D eigenvalue weighted by Gasteiger charge is 2.32. The molecule has 0 saturated heterocycles. The maximum Gasteiger partial charge on any atom is 0.433 e. The summed E-state index contributed by atoms with van der Waals surface area (Å²) in [5.74, 6) is 0.400. The molecular weight excluding hydrogens is 600 g/mol. The number of halogens is 7. The van der Waals surface area contributed by atoms with Gasteiger partial charge in [0.25, 0.3) is 0 Å². The molecule has 4 rings (SSSR count). The fourth-order valence-electron chi connectivity index (χ4n) is 3.07. The third-order valence-corrected chi connectivity index (χ3v) is 5.11. The summed E-state index contributed by atoms with van der Waals surface area (Å²) in [4.78, 5) is 14.7. The number of hydrogen-bond acceptors (Lipinski definition) is 8. The fraction of sp³-hybridized carbons (Fsp3) is 0.250. The van der Waals surface area contributed by atoms with Crippen LogP contribution in [0.2, 0.25) is 5.02 Å². The molecule has 0 spiro atoms. The number of carbonyl (C=O) groups excluding carboxylic acids is 1. The van der Waals surface area contributed by atoms with Crippen molar-refractivity contribution in [2.75, 3.05) is 24.8 Å². The van der Waals surface area contributed by atoms with Gasteiger partial charge in [-0.2, -0.15) is 31.4 Å². The van der Waals surface area contributed by atoms with Gasteiger partial charge in [-0.15, -0.1) is 5.10 Å². The highest BCUT2D eigenvalue weighted by Crippen LogP contribution is 2.35. The second-order valence-corrected chi connectivity index (χ2v) is 8.70. The van der Waals surface area contributed by atoms with Gasteiger partial charge >= 0.3 is 12.4 Å². The van der Waals surface area contributed by atoms with E-state index < -0.39 is 23.7 Å². The van der Waals surface area contributed by atoms with Gasteiger partial charge in [-0.05, 0) is 48.4 Å². The lowest BCUT2D eigenvalue weighted by Gasteiger charge is -2.19. The Morgan fingerprint density at radius 2 is 1.33 bits per heavy atom. The number of anilines is 3. The number of hydrazine groups is 1. The van der Waals surface area contributed by atoms with Crippen molar-refractivity contribution >= 4 is 35.6 Å². The average molecular weight is 630 g/mol. The van der Waals surface area contributed by atoms with Gasteiger partial charge in [0.2, 0.25) is 0 Å². The van der Waals surface area contributed by atoms with E-state index in [1.54, 1.807) is 44.4 Å². The van der Waals surface area contributed by atoms with Gasteiger partial charge in [-0.1, -0.05) is 43.6 Å². The second kappa shape index (κ2) is 17.0. The van der Waals surface area contributed by atoms with Crippen LogP contribution in [0.4, 0.5) is 43.5 Å². The molecule has 0 radical (unpaired) electrons. The van der Waals surface area contributed by atoms with Crippen LogP contribution in [-0.2, 0) is 17.1 Å². The van der Waals surface area contributed by atoms with Crippen LogP contribution in [-0.4, -0.2) is 46.1 Å². The Balaban J connectivity index is 0.000000514. The number of alkyl halides is 6. The maximum atomic E-state index is 12.7. The molecule has 0 atom stereocenters. The molecule has 0 amide bonds. The zero-order valence-electron chi connectivity index (χ0n) is 23.8. The number of aryl methyl sites for hydroxylation is 1. The van der Waals surface area contributed by atoms with Gasteiger partial charge in [0.05, 0.1) is 23.8 Å². The summed E-state index contributed by atoms with van der Waals surface area (Å²) < 4.78 is 73.8. The topological polar surface area (TPSA) is 95.9 Å². The first-order chi connectivity index (χ1) is 20.2. The summed E-state index contributed by atoms with van der Waals surface area (Å²) >= 11 is 5.96. The molecule has 0 aliphatic carbocycles. The Morgan fingerprint density at radius 3 is 1.77 bits per heavy atom. The maximum absolute atomic E-state index is 12.7. The molecule has 232 valence electrons. The molecule has 3 heterocycles. The van der Waals surface area contributed by atoms with Gasteiger partial charge in [-0.3, -0.25) is 4.98 Å². The Kier molecular flexibility index (Phi) is 14.5. The quantitative estimate of drug-likeness (QED) is 0.169. The molecule has 15 heteroatoms. The summed E-state index contributed by atoms with van der Waals surface area (Å²) in [5, 5.41) is 13.4. The SMILES string of the molecule is C=O.CC.CN(C)Nc1nncc(-c2ccc(Cl)cc2)c1Nc1ccc(C(F)(F)F)nc1.Cc1ccc(C(F)(F)F)nc1. The Bertz CT molecular complexity index is 1380. The fourth-order valence-corrected chi connectivity index (χ4v) is 3.19. The van der Waals surface area contributed by atoms with Crippen molar-refractivity contribution in [3.05, 3.63) is 89.1 Å². The molecule has 43 heavy (non-hydrogen) atoms. The summed E-state index contributed by atoms with van der Waals surface area (Å²) in [6.45, 7) is 7.69. The van der Waals surface area contributed by atoms with E-state index in [0.717, 1.165) is 29.5 Å². The zero-order valence-corrected chi connectivity index (χ0v) is 24.6. The van der Waals surface area contributed by atoms with Crippen LogP contribution in [0.1, 0.15) is 30.8 Å². The standard InChI is InChI=1S/C18H16ClF3N6.C7H6F3N.C2H6.CH2O/c1-28(2)27-17-16(25-13-7-8-15(23-9-13)18(20,21)22)14(10-24-26-17)11-3-5-12(19)6-4-11;1-5-2-3-6(11-4-5)7(8,9)10;2*1-2/h3-10H,1-2H3,(H,24,25)(H,26,27);2-4H,1H3;1-2H3;1H2. The molecule has 0 aliphatic heterocycles. The lowest BCUT2D eigenvalue weighted by molar-refractivity contribution is -0.141. The van der Waals surface area contributed by atoms with Gasteiger partial charge in [0.15, 0.2) is 5.82 Å². The van der Waals surface area contributed by atoms with E-state index in [1.165, 1.54) is 18.3 Å². The number of benzene rings is 1. The third kappa shape index (κ3) is 11.8. The first-order valence-corrected chi connectivity index (χ1v) is 12.8. The number of hydrogen-bond donors (Lipinski definition) is 2. The number of rotatable bonds is 5. The highest BCUT2D eigenvalue weighted by molar-refractivity contribution is 6.30. The van der Waals surface area contributed by atoms with Gasteiger partial charge in [0, 0.05) is 30.9 Å². The van der Waals surface area contributed by atoms with Gasteiger partial charge in [0.1, 0.15) is 18.2 Å². The van der Waals surface area contributed by atoms with Crippen molar-refractivity contribution < 1.29 is 31.1 Å². The average Bonchev–Trinajstić information content (AvgIpc) is 2.96. The van der Waals surface area contributed by atoms with Crippen molar-refractivity contribution in [3.8, 4) is 11.1 Å². The first kappa shape index (κ1) is 36.7. The predicted octanol–water partition coefficient (Wildman–Crippen LogP) is 8.09. The van der Waals surface area contributed by atoms with Crippen molar-refractivity contribution in [1.82, 2.24) is 25.2 Å². The summed E-state index contributed by atoms with van der Waals surface area (Å²) in [6, 6.07) is 11.7. The minimum absolute atomic E-state index is 0.373. The smallest absolute Gasteiger partial charge is 0.351 e. The van der Waals surface area contributed by atoms with Crippen LogP contribution in [0.3, 0.4) is 0 Å². The van der Waals surface area contributed by atoms with Crippen molar-refractivity contribution in [1.29, 1.82) is 0 Å². The minimum atomic E-state index is -4.50. The van der Waals surface area contributed by atoms with E-state index >= 15 is 0 Å². The van der Waals surface area contributed by atoms with Crippen molar-refractivity contribution in [2.24, 2.45) is 0 Å². The second-order valence-electron chi connectivity index (χ2n) is 8.27. The number of carbonyl (C=O) groups is 1. The molecule has 8 nitrogen and oxygen atoms in total. The summed E-state index contributed by atoms with van der Waals surface area (Å²) in [5.41, 5.74) is 4.34. The van der Waals surface area contributed by atoms with Crippen LogP contribution in [0.15, 0.2) is 67.1 Å². The number of nitrogens with zero attached hydrogens (tertiary/aromatic N) is 5. The number of nitrogens with one attached hydrogen (secondary N) is 2. The van der Waals surface area contributed by atoms with E-state index in [4.69, 9.17) is 16.4 Å². The third-order valence-electron chi connectivity index (χ3n) is 4.86. The monoisotopic (exact) mass is 629 g/mol. The van der Waals surface area contributed by atoms with Crippen LogP contribution in [0.5, 0.6) is 0 Å². The van der Waals surface area contributed by atoms with Crippen LogP contribution in [0.25, 0.3) is 11.1 Å². The number of aromatic nitrogens is 4. The predicted molar refractivity (Wildman–Crippen MR) is 155 cm³/mol. The molecule has 4 aromatic rings. The van der Waals surface area contributed by atoms with Gasteiger partial charge in [-0.25, -0.2) is 9.99 Å². The zero-order chi connectivity index (χ0) is 32.8. The Hall–Kier alpha value is -4.30. The molecule has 1 aromatic carbocycles. The van der Waals surface area contributed by atoms with Crippen LogP contribution >= 0.6 is 11.6 Å². The van der Waals surface area contributed by atoms with E-state index in [1.807, 2.05) is 32.8 Å². The normalized spacial score (nSPS) is 10.7. The molecule has 2 N–H and O–H groups in total. The van der Waals surface area contributed by atoms with Crippen molar-refractivity contribution in [2.45, 2.75) is 33.1 Å². The van der Waals surface area contributed by atoms with E-state index in [-0.39, 0.29) is 0 Å². The largest absolute Gasteiger partial charge is 0.433 e. The van der Waals surface area contributed by atoms with Crippen molar-refractivity contribution in [3.63, 3.8) is 0 Å². The van der Waals surface area contributed by atoms with Gasteiger partial charge < -0.3 is 15.5 Å². The Labute approximate surface area is 250 Å². The minimum Gasteiger partial charge on any atom is -0.351 e. The summed E-state index contributed by atoms with van der Waals surface area (Å²) in [7, 11) is 3.56. The molecule has 0 bridgehead atoms. The van der Waals surface area contributed by atoms with Crippen LogP contribution < -0.4 is 10.7 Å². The Morgan fingerprint density at radius 1 is 0.791 bits per heavy atom. The molecular formula is C28H30ClF6N7O. The van der Waals surface area contributed by atoms with E-state index in [9.17, 15) is 26.3 Å². The number of pyridine rings is 2. The molecule has 0 saturated carbocycles. The molecule has 0 aliphatic rings. The lowest BCUT2D eigenvalue weighted by atomic mass is 10.1. The summed E-state index contributed by atoms with van der Waals surface area (Å²) in [6.07, 6.45) is -4.95. The lowest BCUT2D eigenvalue weighted by Crippen LogP contribution is -2.21. The molecule has 0 fully saturated rings. The first-order valence-electron chi connectivity index (χ1n) is 12.4. The van der Waals surface area contributed by atoms with Crippen LogP contribution in [0, 0.1) is 6.92 Å². The molecule has 3 aromatic heterocycles. The highest BCUT2D eigenvalue weighted by atomic mass is 35.5. The van der Waals surface area contributed by atoms with E-state index in [2.05, 4.69) is 30.9 Å². The van der Waals surface area contributed by atoms with E-state index in [0.29, 0.717) is 27.8 Å². The molecule has 0 unspecified atom stereocenters.